The fourth-order valence-electron chi connectivity index (χ4n) is 3.85. The third-order valence-electron chi connectivity index (χ3n) is 5.95. The smallest absolute Gasteiger partial charge is 0.251 e. The molecule has 0 unspecified atom stereocenters. The Hall–Kier alpha value is -1.90. The van der Waals surface area contributed by atoms with Gasteiger partial charge < -0.3 is 10.1 Å². The second kappa shape index (κ2) is 8.32. The summed E-state index contributed by atoms with van der Waals surface area (Å²) in [6.07, 6.45) is 4.81. The molecule has 2 aliphatic carbocycles. The van der Waals surface area contributed by atoms with Crippen molar-refractivity contribution in [3.63, 3.8) is 0 Å². The molecule has 0 bridgehead atoms. The number of methoxy groups -OCH3 is 1. The third-order valence-corrected chi connectivity index (χ3v) is 7.98. The van der Waals surface area contributed by atoms with Crippen molar-refractivity contribution in [2.24, 2.45) is 0 Å². The van der Waals surface area contributed by atoms with Gasteiger partial charge in [0.1, 0.15) is 10.6 Å². The topological polar surface area (TPSA) is 84.5 Å². The molecule has 1 amide bonds. The van der Waals surface area contributed by atoms with Crippen LogP contribution in [-0.4, -0.2) is 34.0 Å². The van der Waals surface area contributed by atoms with E-state index in [4.69, 9.17) is 4.74 Å². The number of benzene rings is 2. The number of rotatable bonds is 8. The molecule has 8 heteroatoms. The van der Waals surface area contributed by atoms with Gasteiger partial charge in [0.2, 0.25) is 10.0 Å². The molecule has 160 valence electrons. The largest absolute Gasteiger partial charge is 0.495 e. The highest BCUT2D eigenvalue weighted by atomic mass is 79.9. The van der Waals surface area contributed by atoms with Crippen LogP contribution in [0.25, 0.3) is 0 Å². The lowest BCUT2D eigenvalue weighted by atomic mass is 9.64. The molecule has 0 spiro atoms. The van der Waals surface area contributed by atoms with E-state index in [1.807, 2.05) is 12.1 Å². The minimum Gasteiger partial charge on any atom is -0.495 e. The van der Waals surface area contributed by atoms with Crippen molar-refractivity contribution in [2.75, 3.05) is 13.7 Å². The number of amides is 1. The minimum atomic E-state index is -3.74. The number of halogens is 1. The Morgan fingerprint density at radius 3 is 2.57 bits per heavy atom. The molecule has 30 heavy (non-hydrogen) atoms. The lowest BCUT2D eigenvalue weighted by Gasteiger charge is -2.42. The number of carbonyl (C=O) groups excluding carboxylic acids is 1. The number of nitrogens with one attached hydrogen (secondary N) is 2. The molecule has 2 saturated carbocycles. The van der Waals surface area contributed by atoms with Gasteiger partial charge in [-0.1, -0.05) is 34.5 Å². The Balaban J connectivity index is 1.52. The minimum absolute atomic E-state index is 0.00472. The predicted octanol–water partition coefficient (Wildman–Crippen LogP) is 3.75. The zero-order valence-electron chi connectivity index (χ0n) is 16.8. The summed E-state index contributed by atoms with van der Waals surface area (Å²) in [6, 6.07) is 12.7. The Labute approximate surface area is 185 Å². The van der Waals surface area contributed by atoms with Crippen molar-refractivity contribution < 1.29 is 17.9 Å². The van der Waals surface area contributed by atoms with Crippen LogP contribution < -0.4 is 14.8 Å². The molecule has 0 aliphatic heterocycles. The maximum Gasteiger partial charge on any atom is 0.251 e. The van der Waals surface area contributed by atoms with Gasteiger partial charge in [-0.05, 0) is 61.6 Å². The van der Waals surface area contributed by atoms with E-state index in [1.54, 1.807) is 6.07 Å². The van der Waals surface area contributed by atoms with Gasteiger partial charge >= 0.3 is 0 Å². The second-order valence-electron chi connectivity index (χ2n) is 8.09. The highest BCUT2D eigenvalue weighted by molar-refractivity contribution is 9.10. The van der Waals surface area contributed by atoms with Crippen LogP contribution in [0.15, 0.2) is 51.8 Å². The van der Waals surface area contributed by atoms with Crippen molar-refractivity contribution in [3.05, 3.63) is 58.1 Å². The summed E-state index contributed by atoms with van der Waals surface area (Å²) < 4.78 is 34.3. The highest BCUT2D eigenvalue weighted by Gasteiger charge is 2.39. The summed E-state index contributed by atoms with van der Waals surface area (Å²) in [7, 11) is -2.32. The van der Waals surface area contributed by atoms with Crippen LogP contribution in [0.3, 0.4) is 0 Å². The van der Waals surface area contributed by atoms with E-state index in [-0.39, 0.29) is 28.0 Å². The normalized spacial score (nSPS) is 17.8. The molecule has 2 fully saturated rings. The van der Waals surface area contributed by atoms with E-state index in [1.165, 1.54) is 24.8 Å². The van der Waals surface area contributed by atoms with Gasteiger partial charge in [-0.3, -0.25) is 4.79 Å². The quantitative estimate of drug-likeness (QED) is 0.587. The number of hydrogen-bond acceptors (Lipinski definition) is 4. The van der Waals surface area contributed by atoms with Crippen LogP contribution in [0.5, 0.6) is 5.75 Å². The highest BCUT2D eigenvalue weighted by Crippen LogP contribution is 2.43. The van der Waals surface area contributed by atoms with E-state index in [0.29, 0.717) is 12.1 Å². The molecule has 0 aromatic heterocycles. The first-order valence-electron chi connectivity index (χ1n) is 10.1. The summed E-state index contributed by atoms with van der Waals surface area (Å²) in [6.45, 7) is 0.511. The number of sulfonamides is 1. The van der Waals surface area contributed by atoms with E-state index in [0.717, 1.165) is 36.6 Å². The maximum absolute atomic E-state index is 12.9. The lowest BCUT2D eigenvalue weighted by molar-refractivity contribution is 0.0927. The molecule has 0 saturated heterocycles. The van der Waals surface area contributed by atoms with E-state index in [9.17, 15) is 13.2 Å². The third kappa shape index (κ3) is 4.40. The Morgan fingerprint density at radius 1 is 1.20 bits per heavy atom. The van der Waals surface area contributed by atoms with Gasteiger partial charge in [-0.2, -0.15) is 0 Å². The Bertz CT molecular complexity index is 1060. The second-order valence-corrected chi connectivity index (χ2v) is 10.7. The zero-order chi connectivity index (χ0) is 21.4. The van der Waals surface area contributed by atoms with Crippen LogP contribution in [0.2, 0.25) is 0 Å². The molecule has 0 radical (unpaired) electrons. The summed E-state index contributed by atoms with van der Waals surface area (Å²) in [5.41, 5.74) is 1.43. The predicted molar refractivity (Wildman–Crippen MR) is 118 cm³/mol. The SMILES string of the molecule is COc1ccc(C(=O)NCC2(c3cccc(Br)c3)CCC2)cc1S(=O)(=O)NC1CC1. The van der Waals surface area contributed by atoms with Crippen molar-refractivity contribution >= 4 is 31.9 Å². The van der Waals surface area contributed by atoms with Crippen LogP contribution in [0.4, 0.5) is 0 Å². The van der Waals surface area contributed by atoms with Crippen LogP contribution in [0, 0.1) is 0 Å². The van der Waals surface area contributed by atoms with Crippen molar-refractivity contribution in [2.45, 2.75) is 48.5 Å². The number of carbonyl (C=O) groups is 1. The van der Waals surface area contributed by atoms with E-state index < -0.39 is 10.0 Å². The van der Waals surface area contributed by atoms with Crippen molar-refractivity contribution in [1.29, 1.82) is 0 Å². The van der Waals surface area contributed by atoms with E-state index >= 15 is 0 Å². The average molecular weight is 493 g/mol. The standard InChI is InChI=1S/C22H25BrN2O4S/c1-29-19-9-6-15(12-20(19)30(27,28)25-18-7-8-18)21(26)24-14-22(10-3-11-22)16-4-2-5-17(23)13-16/h2,4-6,9,12-13,18,25H,3,7-8,10-11,14H2,1H3,(H,24,26). The van der Waals surface area contributed by atoms with Crippen molar-refractivity contribution in [1.82, 2.24) is 10.0 Å². The Kier molecular flexibility index (Phi) is 5.92. The number of hydrogen-bond donors (Lipinski definition) is 2. The fraction of sp³-hybridized carbons (Fsp3) is 0.409. The number of ether oxygens (including phenoxy) is 1. The molecule has 2 aromatic carbocycles. The van der Waals surface area contributed by atoms with Crippen LogP contribution >= 0.6 is 15.9 Å². The molecule has 0 heterocycles. The summed E-state index contributed by atoms with van der Waals surface area (Å²) >= 11 is 3.52. The molecule has 2 aromatic rings. The zero-order valence-corrected chi connectivity index (χ0v) is 19.2. The molecule has 0 atom stereocenters. The van der Waals surface area contributed by atoms with Crippen LogP contribution in [-0.2, 0) is 15.4 Å². The summed E-state index contributed by atoms with van der Waals surface area (Å²) in [4.78, 5) is 12.9. The van der Waals surface area contributed by atoms with Gasteiger partial charge in [0.15, 0.2) is 0 Å². The molecule has 2 N–H and O–H groups in total. The first kappa shape index (κ1) is 21.3. The fourth-order valence-corrected chi connectivity index (χ4v) is 5.75. The summed E-state index contributed by atoms with van der Waals surface area (Å²) in [5, 5.41) is 3.02. The first-order chi connectivity index (χ1) is 14.3. The van der Waals surface area contributed by atoms with Gasteiger partial charge in [0.05, 0.1) is 7.11 Å². The van der Waals surface area contributed by atoms with Gasteiger partial charge in [0, 0.05) is 28.0 Å². The molecular formula is C22H25BrN2O4S. The molecule has 4 rings (SSSR count). The van der Waals surface area contributed by atoms with Crippen molar-refractivity contribution in [3.8, 4) is 5.75 Å². The first-order valence-corrected chi connectivity index (χ1v) is 12.4. The van der Waals surface area contributed by atoms with E-state index in [2.05, 4.69) is 38.1 Å². The molecule has 6 nitrogen and oxygen atoms in total. The van der Waals surface area contributed by atoms with Gasteiger partial charge in [-0.15, -0.1) is 0 Å². The summed E-state index contributed by atoms with van der Waals surface area (Å²) in [5.74, 6) is -0.0638. The monoisotopic (exact) mass is 492 g/mol. The lowest BCUT2D eigenvalue weighted by Crippen LogP contribution is -2.45. The maximum atomic E-state index is 12.9. The van der Waals surface area contributed by atoms with Gasteiger partial charge in [0.25, 0.3) is 5.91 Å². The van der Waals surface area contributed by atoms with Crippen LogP contribution in [0.1, 0.15) is 48.0 Å². The Morgan fingerprint density at radius 2 is 1.97 bits per heavy atom. The average Bonchev–Trinajstić information content (AvgIpc) is 3.50. The molecular weight excluding hydrogens is 468 g/mol. The van der Waals surface area contributed by atoms with Gasteiger partial charge in [-0.25, -0.2) is 13.1 Å². The molecule has 2 aliphatic rings.